The summed E-state index contributed by atoms with van der Waals surface area (Å²) in [5.41, 5.74) is 1.96. The van der Waals surface area contributed by atoms with E-state index in [4.69, 9.17) is 18.5 Å². The first-order valence-corrected chi connectivity index (χ1v) is 12.2. The van der Waals surface area contributed by atoms with Gasteiger partial charge in [-0.05, 0) is 43.2 Å². The minimum atomic E-state index is -3.21. The van der Waals surface area contributed by atoms with Crippen LogP contribution in [0.3, 0.4) is 0 Å². The average molecular weight is 418 g/mol. The highest BCUT2D eigenvalue weighted by atomic mass is 31.2. The van der Waals surface area contributed by atoms with Crippen LogP contribution in [-0.2, 0) is 36.3 Å². The molecule has 2 aromatic rings. The predicted octanol–water partition coefficient (Wildman–Crippen LogP) is 5.94. The Bertz CT molecular complexity index is 684. The lowest BCUT2D eigenvalue weighted by atomic mass is 10.2. The molecule has 158 valence electrons. The van der Waals surface area contributed by atoms with Crippen LogP contribution in [0.2, 0.25) is 0 Å². The number of hydrogen-bond acceptors (Lipinski definition) is 5. The van der Waals surface area contributed by atoms with E-state index in [0.717, 1.165) is 43.4 Å². The molecule has 0 amide bonds. The van der Waals surface area contributed by atoms with Crippen LogP contribution in [0.1, 0.15) is 43.2 Å². The molecule has 0 aromatic heterocycles. The lowest BCUT2D eigenvalue weighted by molar-refractivity contribution is -0.162. The molecule has 3 rings (SSSR count). The molecule has 1 unspecified atom stereocenters. The van der Waals surface area contributed by atoms with Gasteiger partial charge in [0.25, 0.3) is 0 Å². The molecule has 0 bridgehead atoms. The van der Waals surface area contributed by atoms with E-state index in [1.54, 1.807) is 0 Å². The summed E-state index contributed by atoms with van der Waals surface area (Å²) in [5, 5.41) is 0. The van der Waals surface area contributed by atoms with Crippen molar-refractivity contribution in [2.45, 2.75) is 51.6 Å². The zero-order chi connectivity index (χ0) is 20.2. The molecule has 6 heteroatoms. The Balaban J connectivity index is 1.46. The minimum Gasteiger partial charge on any atom is -0.353 e. The van der Waals surface area contributed by atoms with Crippen LogP contribution in [0.15, 0.2) is 60.7 Å². The monoisotopic (exact) mass is 418 g/mol. The highest BCUT2D eigenvalue weighted by Gasteiger charge is 2.24. The first-order valence-electron chi connectivity index (χ1n) is 10.4. The fourth-order valence-electron chi connectivity index (χ4n) is 3.13. The van der Waals surface area contributed by atoms with Gasteiger partial charge in [0.15, 0.2) is 6.29 Å². The van der Waals surface area contributed by atoms with Gasteiger partial charge in [0.1, 0.15) is 0 Å². The van der Waals surface area contributed by atoms with Gasteiger partial charge in [-0.15, -0.1) is 0 Å². The van der Waals surface area contributed by atoms with Crippen molar-refractivity contribution in [1.29, 1.82) is 0 Å². The lowest BCUT2D eigenvalue weighted by Gasteiger charge is -2.23. The third-order valence-corrected chi connectivity index (χ3v) is 6.72. The number of rotatable bonds is 12. The first-order chi connectivity index (χ1) is 14.2. The van der Waals surface area contributed by atoms with Crippen molar-refractivity contribution < 1.29 is 23.1 Å². The third kappa shape index (κ3) is 8.41. The molecule has 0 spiro atoms. The molecule has 1 aliphatic heterocycles. The average Bonchev–Trinajstić information content (AvgIpc) is 2.78. The maximum Gasteiger partial charge on any atom is 0.331 e. The maximum absolute atomic E-state index is 13.3. The van der Waals surface area contributed by atoms with Crippen LogP contribution < -0.4 is 0 Å². The number of hydrogen-bond donors (Lipinski definition) is 0. The van der Waals surface area contributed by atoms with E-state index in [1.165, 1.54) is 0 Å². The summed E-state index contributed by atoms with van der Waals surface area (Å²) in [6, 6.07) is 19.5. The third-order valence-electron chi connectivity index (χ3n) is 4.81. The van der Waals surface area contributed by atoms with E-state index < -0.39 is 7.60 Å². The largest absolute Gasteiger partial charge is 0.353 e. The normalized spacial score (nSPS) is 17.3. The van der Waals surface area contributed by atoms with Crippen LogP contribution in [-0.4, -0.2) is 25.7 Å². The van der Waals surface area contributed by atoms with Crippen molar-refractivity contribution in [2.24, 2.45) is 0 Å². The van der Waals surface area contributed by atoms with E-state index in [9.17, 15) is 4.57 Å². The topological polar surface area (TPSA) is 54.0 Å². The van der Waals surface area contributed by atoms with Gasteiger partial charge in [0, 0.05) is 13.2 Å². The molecule has 2 aromatic carbocycles. The minimum absolute atomic E-state index is 0.0841. The van der Waals surface area contributed by atoms with Gasteiger partial charge in [-0.3, -0.25) is 4.57 Å². The molecule has 1 saturated heterocycles. The van der Waals surface area contributed by atoms with Gasteiger partial charge in [-0.1, -0.05) is 60.7 Å². The molecule has 29 heavy (non-hydrogen) atoms. The highest BCUT2D eigenvalue weighted by Crippen LogP contribution is 2.50. The molecule has 5 nitrogen and oxygen atoms in total. The van der Waals surface area contributed by atoms with E-state index in [1.807, 2.05) is 60.7 Å². The Kier molecular flexibility index (Phi) is 9.39. The molecular weight excluding hydrogens is 387 g/mol. The molecule has 0 saturated carbocycles. The summed E-state index contributed by atoms with van der Waals surface area (Å²) in [4.78, 5) is 0. The van der Waals surface area contributed by atoms with Gasteiger partial charge in [-0.25, -0.2) is 0 Å². The van der Waals surface area contributed by atoms with Crippen molar-refractivity contribution in [3.05, 3.63) is 71.8 Å². The smallest absolute Gasteiger partial charge is 0.331 e. The second kappa shape index (κ2) is 12.3. The van der Waals surface area contributed by atoms with Gasteiger partial charge in [0.2, 0.25) is 0 Å². The summed E-state index contributed by atoms with van der Waals surface area (Å²) < 4.78 is 36.3. The summed E-state index contributed by atoms with van der Waals surface area (Å²) in [7, 11) is -3.21. The SMILES string of the molecule is O=P(CCCCOC1CCCCO1)(OCc1ccccc1)OCc1ccccc1. The van der Waals surface area contributed by atoms with E-state index in [2.05, 4.69) is 0 Å². The van der Waals surface area contributed by atoms with Crippen LogP contribution in [0.5, 0.6) is 0 Å². The van der Waals surface area contributed by atoms with E-state index >= 15 is 0 Å². The Hall–Kier alpha value is -1.49. The predicted molar refractivity (Wildman–Crippen MR) is 114 cm³/mol. The lowest BCUT2D eigenvalue weighted by Crippen LogP contribution is -2.22. The van der Waals surface area contributed by atoms with E-state index in [0.29, 0.717) is 19.2 Å². The van der Waals surface area contributed by atoms with E-state index in [-0.39, 0.29) is 19.5 Å². The molecule has 0 aliphatic carbocycles. The fraction of sp³-hybridized carbons (Fsp3) is 0.478. The second-order valence-electron chi connectivity index (χ2n) is 7.23. The molecular formula is C23H31O5P. The molecule has 1 heterocycles. The quantitative estimate of drug-likeness (QED) is 0.316. The number of ether oxygens (including phenoxy) is 2. The Morgan fingerprint density at radius 2 is 1.48 bits per heavy atom. The number of unbranched alkanes of at least 4 members (excludes halogenated alkanes) is 1. The zero-order valence-corrected chi connectivity index (χ0v) is 17.8. The van der Waals surface area contributed by atoms with Gasteiger partial charge in [0.05, 0.1) is 19.4 Å². The van der Waals surface area contributed by atoms with Crippen molar-refractivity contribution in [2.75, 3.05) is 19.4 Å². The molecule has 0 radical (unpaired) electrons. The summed E-state index contributed by atoms with van der Waals surface area (Å²) in [6.07, 6.45) is 5.03. The Labute approximate surface area is 173 Å². The first kappa shape index (κ1) is 22.2. The highest BCUT2D eigenvalue weighted by molar-refractivity contribution is 7.53. The van der Waals surface area contributed by atoms with Crippen LogP contribution in [0, 0.1) is 0 Å². The maximum atomic E-state index is 13.3. The van der Waals surface area contributed by atoms with Crippen molar-refractivity contribution in [3.63, 3.8) is 0 Å². The van der Waals surface area contributed by atoms with Crippen molar-refractivity contribution >= 4 is 7.60 Å². The Morgan fingerprint density at radius 3 is 2.03 bits per heavy atom. The fourth-order valence-corrected chi connectivity index (χ4v) is 4.76. The molecule has 1 fully saturated rings. The van der Waals surface area contributed by atoms with Gasteiger partial charge in [-0.2, -0.15) is 0 Å². The molecule has 0 N–H and O–H groups in total. The molecule has 1 aliphatic rings. The van der Waals surface area contributed by atoms with Crippen LogP contribution >= 0.6 is 7.60 Å². The van der Waals surface area contributed by atoms with Gasteiger partial charge < -0.3 is 18.5 Å². The van der Waals surface area contributed by atoms with Gasteiger partial charge >= 0.3 is 7.60 Å². The van der Waals surface area contributed by atoms with Crippen molar-refractivity contribution in [1.82, 2.24) is 0 Å². The zero-order valence-electron chi connectivity index (χ0n) is 16.9. The molecule has 1 atom stereocenters. The summed E-state index contributed by atoms with van der Waals surface area (Å²) >= 11 is 0. The summed E-state index contributed by atoms with van der Waals surface area (Å²) in [6.45, 7) is 1.93. The second-order valence-corrected chi connectivity index (χ2v) is 9.41. The standard InChI is InChI=1S/C23H31O5P/c24-29(27-19-21-11-3-1-4-12-21,28-20-22-13-5-2-6-14-22)18-10-9-17-26-23-15-7-8-16-25-23/h1-6,11-14,23H,7-10,15-20H2. The van der Waals surface area contributed by atoms with Crippen LogP contribution in [0.4, 0.5) is 0 Å². The Morgan fingerprint density at radius 1 is 0.862 bits per heavy atom. The summed E-state index contributed by atoms with van der Waals surface area (Å²) in [5.74, 6) is 0. The van der Waals surface area contributed by atoms with Crippen molar-refractivity contribution in [3.8, 4) is 0 Å². The van der Waals surface area contributed by atoms with Crippen LogP contribution in [0.25, 0.3) is 0 Å². The number of benzene rings is 2.